The van der Waals surface area contributed by atoms with Crippen molar-refractivity contribution in [3.63, 3.8) is 0 Å². The molecular weight excluding hydrogens is 309 g/mol. The molecule has 0 radical (unpaired) electrons. The zero-order valence-electron chi connectivity index (χ0n) is 11.1. The normalized spacial score (nSPS) is 11.0. The molecule has 21 heavy (non-hydrogen) atoms. The molecule has 0 spiro atoms. The Kier molecular flexibility index (Phi) is 3.90. The van der Waals surface area contributed by atoms with E-state index in [1.807, 2.05) is 18.2 Å². The fraction of sp³-hybridized carbons (Fsp3) is 0.133. The highest BCUT2D eigenvalue weighted by atomic mass is 35.5. The summed E-state index contributed by atoms with van der Waals surface area (Å²) in [4.78, 5) is 4.33. The van der Waals surface area contributed by atoms with Crippen molar-refractivity contribution in [3.05, 3.63) is 52.0 Å². The van der Waals surface area contributed by atoms with Gasteiger partial charge in [-0.25, -0.2) is 0 Å². The van der Waals surface area contributed by atoms with Crippen LogP contribution in [-0.4, -0.2) is 11.5 Å². The minimum Gasteiger partial charge on any atom is -0.423 e. The summed E-state index contributed by atoms with van der Waals surface area (Å²) in [5, 5.41) is 4.43. The molecule has 3 rings (SSSR count). The van der Waals surface area contributed by atoms with E-state index in [0.29, 0.717) is 33.9 Å². The van der Waals surface area contributed by atoms with E-state index in [9.17, 15) is 0 Å². The Morgan fingerprint density at radius 3 is 2.81 bits per heavy atom. The van der Waals surface area contributed by atoms with Crippen molar-refractivity contribution in [3.8, 4) is 0 Å². The summed E-state index contributed by atoms with van der Waals surface area (Å²) in [7, 11) is 0. The van der Waals surface area contributed by atoms with Crippen LogP contribution in [0.2, 0.25) is 10.0 Å². The van der Waals surface area contributed by atoms with Crippen LogP contribution in [0.1, 0.15) is 5.56 Å². The Hall–Kier alpha value is -1.91. The fourth-order valence-electron chi connectivity index (χ4n) is 2.05. The largest absolute Gasteiger partial charge is 0.423 e. The summed E-state index contributed by atoms with van der Waals surface area (Å²) in [6.07, 6.45) is 0.747. The molecule has 0 unspecified atom stereocenters. The Labute approximate surface area is 131 Å². The van der Waals surface area contributed by atoms with Gasteiger partial charge in [0.05, 0.1) is 0 Å². The average Bonchev–Trinajstić information content (AvgIpc) is 2.83. The van der Waals surface area contributed by atoms with Crippen LogP contribution in [0.5, 0.6) is 0 Å². The van der Waals surface area contributed by atoms with Gasteiger partial charge in [-0.3, -0.25) is 0 Å². The zero-order valence-corrected chi connectivity index (χ0v) is 12.6. The molecule has 0 amide bonds. The third-order valence-corrected chi connectivity index (χ3v) is 3.69. The lowest BCUT2D eigenvalue weighted by Crippen LogP contribution is -2.05. The van der Waals surface area contributed by atoms with Gasteiger partial charge in [-0.2, -0.15) is 4.98 Å². The van der Waals surface area contributed by atoms with Gasteiger partial charge < -0.3 is 15.5 Å². The molecule has 0 fully saturated rings. The van der Waals surface area contributed by atoms with Crippen molar-refractivity contribution in [1.82, 2.24) is 4.98 Å². The summed E-state index contributed by atoms with van der Waals surface area (Å²) < 4.78 is 5.58. The minimum atomic E-state index is 0.473. The molecule has 3 aromatic rings. The second-order valence-electron chi connectivity index (χ2n) is 4.66. The smallest absolute Gasteiger partial charge is 0.295 e. The Morgan fingerprint density at radius 1 is 1.14 bits per heavy atom. The lowest BCUT2D eigenvalue weighted by molar-refractivity contribution is 0.614. The van der Waals surface area contributed by atoms with E-state index in [1.54, 1.807) is 18.2 Å². The van der Waals surface area contributed by atoms with Gasteiger partial charge in [-0.05, 0) is 36.2 Å². The molecule has 3 N–H and O–H groups in total. The first-order valence-electron chi connectivity index (χ1n) is 6.46. The van der Waals surface area contributed by atoms with Crippen LogP contribution in [0.3, 0.4) is 0 Å². The number of aromatic nitrogens is 1. The third-order valence-electron chi connectivity index (χ3n) is 3.10. The maximum absolute atomic E-state index is 6.13. The van der Waals surface area contributed by atoms with Gasteiger partial charge in [0.1, 0.15) is 5.52 Å². The summed E-state index contributed by atoms with van der Waals surface area (Å²) in [6.45, 7) is 0.656. The van der Waals surface area contributed by atoms with Gasteiger partial charge in [0, 0.05) is 28.3 Å². The lowest BCUT2D eigenvalue weighted by Gasteiger charge is -2.05. The van der Waals surface area contributed by atoms with Crippen LogP contribution in [0.15, 0.2) is 40.8 Å². The van der Waals surface area contributed by atoms with Crippen molar-refractivity contribution in [2.45, 2.75) is 6.42 Å². The number of oxazole rings is 1. The molecule has 0 atom stereocenters. The molecule has 4 nitrogen and oxygen atoms in total. The number of halogens is 2. The average molecular weight is 322 g/mol. The fourth-order valence-corrected chi connectivity index (χ4v) is 2.55. The molecule has 1 heterocycles. The Morgan fingerprint density at radius 2 is 2.00 bits per heavy atom. The van der Waals surface area contributed by atoms with Crippen molar-refractivity contribution >= 4 is 46.0 Å². The number of benzene rings is 2. The number of hydrogen-bond acceptors (Lipinski definition) is 4. The standard InChI is InChI=1S/C15H13Cl2N3O/c16-10-2-1-9(12(17)7-10)5-6-19-15-20-13-4-3-11(18)8-14(13)21-15/h1-4,7-8H,5-6,18H2,(H,19,20). The zero-order chi connectivity index (χ0) is 14.8. The van der Waals surface area contributed by atoms with Crippen molar-refractivity contribution in [2.75, 3.05) is 17.6 Å². The van der Waals surface area contributed by atoms with Crippen molar-refractivity contribution in [2.24, 2.45) is 0 Å². The summed E-state index contributed by atoms with van der Waals surface area (Å²) >= 11 is 12.0. The van der Waals surface area contributed by atoms with Gasteiger partial charge in [-0.15, -0.1) is 0 Å². The highest BCUT2D eigenvalue weighted by Gasteiger charge is 2.06. The molecule has 1 aromatic heterocycles. The number of nitrogens with one attached hydrogen (secondary N) is 1. The maximum Gasteiger partial charge on any atom is 0.295 e. The number of anilines is 2. The predicted molar refractivity (Wildman–Crippen MR) is 87.1 cm³/mol. The summed E-state index contributed by atoms with van der Waals surface area (Å²) in [5.41, 5.74) is 8.82. The van der Waals surface area contributed by atoms with Crippen LogP contribution < -0.4 is 11.1 Å². The number of fused-ring (bicyclic) bond motifs is 1. The Balaban J connectivity index is 1.66. The molecule has 0 aliphatic rings. The molecule has 0 bridgehead atoms. The highest BCUT2D eigenvalue weighted by Crippen LogP contribution is 2.23. The Bertz CT molecular complexity index is 786. The second-order valence-corrected chi connectivity index (χ2v) is 5.50. The van der Waals surface area contributed by atoms with Crippen molar-refractivity contribution < 1.29 is 4.42 Å². The van der Waals surface area contributed by atoms with E-state index in [4.69, 9.17) is 33.4 Å². The van der Waals surface area contributed by atoms with Crippen LogP contribution in [-0.2, 0) is 6.42 Å². The van der Waals surface area contributed by atoms with Crippen LogP contribution in [0.4, 0.5) is 11.7 Å². The molecule has 6 heteroatoms. The molecule has 0 saturated heterocycles. The molecule has 2 aromatic carbocycles. The van der Waals surface area contributed by atoms with Crippen molar-refractivity contribution in [1.29, 1.82) is 0 Å². The third kappa shape index (κ3) is 3.23. The van der Waals surface area contributed by atoms with E-state index >= 15 is 0 Å². The molecule has 108 valence electrons. The van der Waals surface area contributed by atoms with Gasteiger partial charge in [0.2, 0.25) is 0 Å². The summed E-state index contributed by atoms with van der Waals surface area (Å²) in [5.74, 6) is 0. The highest BCUT2D eigenvalue weighted by molar-refractivity contribution is 6.35. The quantitative estimate of drug-likeness (QED) is 0.700. The van der Waals surface area contributed by atoms with Crippen LogP contribution in [0.25, 0.3) is 11.1 Å². The van der Waals surface area contributed by atoms with Gasteiger partial charge >= 0.3 is 0 Å². The number of nitrogen functional groups attached to an aromatic ring is 1. The maximum atomic E-state index is 6.13. The first kappa shape index (κ1) is 14.0. The van der Waals surface area contributed by atoms with E-state index in [2.05, 4.69) is 10.3 Å². The first-order chi connectivity index (χ1) is 10.1. The number of nitrogens with two attached hydrogens (primary N) is 1. The number of rotatable bonds is 4. The summed E-state index contributed by atoms with van der Waals surface area (Å²) in [6, 6.07) is 11.3. The van der Waals surface area contributed by atoms with Crippen LogP contribution in [0, 0.1) is 0 Å². The van der Waals surface area contributed by atoms with E-state index < -0.39 is 0 Å². The predicted octanol–water partition coefficient (Wildman–Crippen LogP) is 4.37. The van der Waals surface area contributed by atoms with E-state index in [0.717, 1.165) is 17.5 Å². The molecule has 0 saturated carbocycles. The van der Waals surface area contributed by atoms with Gasteiger partial charge in [0.25, 0.3) is 6.01 Å². The number of nitrogens with zero attached hydrogens (tertiary/aromatic N) is 1. The molecule has 0 aliphatic heterocycles. The van der Waals surface area contributed by atoms with E-state index in [-0.39, 0.29) is 0 Å². The first-order valence-corrected chi connectivity index (χ1v) is 7.21. The monoisotopic (exact) mass is 321 g/mol. The SMILES string of the molecule is Nc1ccc2nc(NCCc3ccc(Cl)cc3Cl)oc2c1. The minimum absolute atomic E-state index is 0.473. The van der Waals surface area contributed by atoms with Gasteiger partial charge in [-0.1, -0.05) is 29.3 Å². The molecular formula is C15H13Cl2N3O. The topological polar surface area (TPSA) is 64.1 Å². The number of hydrogen-bond donors (Lipinski definition) is 2. The second kappa shape index (κ2) is 5.84. The van der Waals surface area contributed by atoms with Gasteiger partial charge in [0.15, 0.2) is 5.58 Å². The lowest BCUT2D eigenvalue weighted by atomic mass is 10.1. The molecule has 0 aliphatic carbocycles. The van der Waals surface area contributed by atoms with E-state index in [1.165, 1.54) is 0 Å². The van der Waals surface area contributed by atoms with Crippen LogP contribution >= 0.6 is 23.2 Å².